The molecule has 1 saturated heterocycles. The fourth-order valence-electron chi connectivity index (χ4n) is 3.25. The number of likely N-dealkylation sites (tertiary alicyclic amines) is 1. The Bertz CT molecular complexity index is 1070. The third-order valence-electron chi connectivity index (χ3n) is 4.70. The van der Waals surface area contributed by atoms with E-state index in [1.807, 2.05) is 5.38 Å². The number of carbonyl (C=O) groups excluding carboxylic acids is 2. The van der Waals surface area contributed by atoms with Gasteiger partial charge in [0.15, 0.2) is 0 Å². The van der Waals surface area contributed by atoms with Crippen LogP contribution in [0.3, 0.4) is 0 Å². The molecular weight excluding hydrogens is 381 g/mol. The van der Waals surface area contributed by atoms with Crippen LogP contribution in [0.25, 0.3) is 5.76 Å². The van der Waals surface area contributed by atoms with Crippen LogP contribution in [0.15, 0.2) is 64.1 Å². The minimum Gasteiger partial charge on any atom is -0.507 e. The maximum absolute atomic E-state index is 14.0. The summed E-state index contributed by atoms with van der Waals surface area (Å²) in [6.07, 6.45) is 1.49. The van der Waals surface area contributed by atoms with Crippen molar-refractivity contribution in [2.75, 3.05) is 0 Å². The summed E-state index contributed by atoms with van der Waals surface area (Å²) in [6, 6.07) is 10.4. The maximum atomic E-state index is 14.0. The molecule has 0 radical (unpaired) electrons. The highest BCUT2D eigenvalue weighted by molar-refractivity contribution is 7.10. The fourth-order valence-corrected chi connectivity index (χ4v) is 4.10. The van der Waals surface area contributed by atoms with Gasteiger partial charge in [0.25, 0.3) is 11.7 Å². The normalized spacial score (nSPS) is 18.8. The standard InChI is InChI=1S/C21H16FNO4S/c1-12-6-7-13(10-15(12)22)19(24)17-18(16-5-3-9-28-16)23(21(26)20(17)25)11-14-4-2-8-27-14/h2-10,18,24H,11H2,1H3. The largest absolute Gasteiger partial charge is 0.507 e. The van der Waals surface area contributed by atoms with Gasteiger partial charge in [0.05, 0.1) is 18.4 Å². The predicted octanol–water partition coefficient (Wildman–Crippen LogP) is 4.41. The van der Waals surface area contributed by atoms with Gasteiger partial charge >= 0.3 is 0 Å². The van der Waals surface area contributed by atoms with E-state index in [9.17, 15) is 19.1 Å². The molecule has 1 N–H and O–H groups in total. The van der Waals surface area contributed by atoms with Crippen LogP contribution in [0.5, 0.6) is 0 Å². The van der Waals surface area contributed by atoms with Crippen LogP contribution in [0.4, 0.5) is 4.39 Å². The molecule has 5 nitrogen and oxygen atoms in total. The second kappa shape index (κ2) is 7.09. The smallest absolute Gasteiger partial charge is 0.296 e. The van der Waals surface area contributed by atoms with Gasteiger partial charge in [-0.3, -0.25) is 9.59 Å². The van der Waals surface area contributed by atoms with E-state index >= 15 is 0 Å². The molecule has 4 rings (SSSR count). The Hall–Kier alpha value is -3.19. The summed E-state index contributed by atoms with van der Waals surface area (Å²) < 4.78 is 19.3. The zero-order valence-electron chi connectivity index (χ0n) is 14.9. The molecule has 1 aromatic carbocycles. The maximum Gasteiger partial charge on any atom is 0.296 e. The number of benzene rings is 1. The number of aryl methyl sites for hydroxylation is 1. The number of amides is 1. The van der Waals surface area contributed by atoms with Crippen molar-refractivity contribution in [1.29, 1.82) is 0 Å². The molecule has 1 fully saturated rings. The average molecular weight is 397 g/mol. The highest BCUT2D eigenvalue weighted by Gasteiger charge is 2.46. The number of aliphatic hydroxyl groups is 1. The highest BCUT2D eigenvalue weighted by Crippen LogP contribution is 2.41. The van der Waals surface area contributed by atoms with Gasteiger partial charge in [0.2, 0.25) is 0 Å². The number of aliphatic hydroxyl groups excluding tert-OH is 1. The van der Waals surface area contributed by atoms with E-state index in [0.717, 1.165) is 10.9 Å². The van der Waals surface area contributed by atoms with Crippen LogP contribution in [0.2, 0.25) is 0 Å². The Morgan fingerprint density at radius 1 is 1.25 bits per heavy atom. The number of carbonyl (C=O) groups is 2. The molecule has 1 amide bonds. The molecule has 2 aromatic heterocycles. The minimum atomic E-state index is -0.802. The number of furan rings is 1. The third-order valence-corrected chi connectivity index (χ3v) is 5.63. The number of hydrogen-bond donors (Lipinski definition) is 1. The first-order valence-electron chi connectivity index (χ1n) is 8.58. The monoisotopic (exact) mass is 397 g/mol. The molecule has 0 spiro atoms. The number of nitrogens with zero attached hydrogens (tertiary/aromatic N) is 1. The first-order chi connectivity index (χ1) is 13.5. The van der Waals surface area contributed by atoms with E-state index in [0.29, 0.717) is 11.3 Å². The molecule has 3 aromatic rings. The Morgan fingerprint density at radius 2 is 2.07 bits per heavy atom. The van der Waals surface area contributed by atoms with Gasteiger partial charge in [-0.25, -0.2) is 4.39 Å². The lowest BCUT2D eigenvalue weighted by molar-refractivity contribution is -0.140. The predicted molar refractivity (Wildman–Crippen MR) is 102 cm³/mol. The van der Waals surface area contributed by atoms with E-state index in [1.54, 1.807) is 31.2 Å². The molecule has 142 valence electrons. The van der Waals surface area contributed by atoms with E-state index in [-0.39, 0.29) is 17.7 Å². The van der Waals surface area contributed by atoms with Crippen molar-refractivity contribution in [1.82, 2.24) is 4.90 Å². The zero-order valence-corrected chi connectivity index (χ0v) is 15.7. The minimum absolute atomic E-state index is 0.0535. The Kier molecular flexibility index (Phi) is 4.60. The molecular formula is C21H16FNO4S. The number of halogens is 1. The molecule has 1 unspecified atom stereocenters. The van der Waals surface area contributed by atoms with Crippen LogP contribution >= 0.6 is 11.3 Å². The third kappa shape index (κ3) is 3.03. The van der Waals surface area contributed by atoms with Gasteiger partial charge in [-0.2, -0.15) is 0 Å². The second-order valence-corrected chi connectivity index (χ2v) is 7.47. The van der Waals surface area contributed by atoms with Crippen molar-refractivity contribution in [2.24, 2.45) is 0 Å². The quantitative estimate of drug-likeness (QED) is 0.402. The molecule has 28 heavy (non-hydrogen) atoms. The van der Waals surface area contributed by atoms with Crippen molar-refractivity contribution in [3.8, 4) is 0 Å². The van der Waals surface area contributed by atoms with Gasteiger partial charge in [0.1, 0.15) is 23.4 Å². The number of thiophene rings is 1. The van der Waals surface area contributed by atoms with E-state index < -0.39 is 29.3 Å². The first-order valence-corrected chi connectivity index (χ1v) is 9.46. The molecule has 7 heteroatoms. The summed E-state index contributed by atoms with van der Waals surface area (Å²) in [5.74, 6) is -1.91. The van der Waals surface area contributed by atoms with Gasteiger partial charge in [0, 0.05) is 10.4 Å². The van der Waals surface area contributed by atoms with Gasteiger partial charge < -0.3 is 14.4 Å². The Labute approximate surface area is 164 Å². The number of rotatable bonds is 4. The summed E-state index contributed by atoms with van der Waals surface area (Å²) in [5.41, 5.74) is 0.521. The summed E-state index contributed by atoms with van der Waals surface area (Å²) in [7, 11) is 0. The average Bonchev–Trinajstić information content (AvgIpc) is 3.42. The van der Waals surface area contributed by atoms with Crippen LogP contribution in [0, 0.1) is 12.7 Å². The summed E-state index contributed by atoms with van der Waals surface area (Å²) in [5, 5.41) is 12.7. The molecule has 0 bridgehead atoms. The highest BCUT2D eigenvalue weighted by atomic mass is 32.1. The first kappa shape index (κ1) is 18.2. The van der Waals surface area contributed by atoms with Crippen molar-refractivity contribution in [3.05, 3.63) is 87.3 Å². The summed E-state index contributed by atoms with van der Waals surface area (Å²) in [6.45, 7) is 1.69. The van der Waals surface area contributed by atoms with E-state index in [2.05, 4.69) is 0 Å². The molecule has 1 atom stereocenters. The van der Waals surface area contributed by atoms with Crippen LogP contribution in [0.1, 0.15) is 27.8 Å². The topological polar surface area (TPSA) is 70.8 Å². The number of ketones is 1. The lowest BCUT2D eigenvalue weighted by Crippen LogP contribution is -2.28. The molecule has 0 aliphatic carbocycles. The second-order valence-electron chi connectivity index (χ2n) is 6.49. The summed E-state index contributed by atoms with van der Waals surface area (Å²) in [4.78, 5) is 27.6. The molecule has 0 saturated carbocycles. The van der Waals surface area contributed by atoms with Gasteiger partial charge in [-0.05, 0) is 42.1 Å². The van der Waals surface area contributed by atoms with Gasteiger partial charge in [-0.1, -0.05) is 18.2 Å². The lowest BCUT2D eigenvalue weighted by Gasteiger charge is -2.23. The van der Waals surface area contributed by atoms with Crippen LogP contribution < -0.4 is 0 Å². The number of Topliss-reactive ketones (excluding diaryl/α,β-unsaturated/α-hetero) is 1. The number of hydrogen-bond acceptors (Lipinski definition) is 5. The molecule has 3 heterocycles. The van der Waals surface area contributed by atoms with Crippen molar-refractivity contribution in [3.63, 3.8) is 0 Å². The Morgan fingerprint density at radius 3 is 2.71 bits per heavy atom. The summed E-state index contributed by atoms with van der Waals surface area (Å²) >= 11 is 1.37. The van der Waals surface area contributed by atoms with Crippen LogP contribution in [-0.4, -0.2) is 21.7 Å². The zero-order chi connectivity index (χ0) is 19.8. The van der Waals surface area contributed by atoms with E-state index in [4.69, 9.17) is 4.42 Å². The van der Waals surface area contributed by atoms with Crippen molar-refractivity contribution < 1.29 is 23.5 Å². The van der Waals surface area contributed by atoms with Crippen LogP contribution in [-0.2, 0) is 16.1 Å². The molecule has 1 aliphatic heterocycles. The molecule has 1 aliphatic rings. The van der Waals surface area contributed by atoms with Crippen molar-refractivity contribution in [2.45, 2.75) is 19.5 Å². The Balaban J connectivity index is 1.85. The van der Waals surface area contributed by atoms with E-state index in [1.165, 1.54) is 34.6 Å². The SMILES string of the molecule is Cc1ccc(C(O)=C2C(=O)C(=O)N(Cc3ccco3)C2c2cccs2)cc1F. The fraction of sp³-hybridized carbons (Fsp3) is 0.143. The van der Waals surface area contributed by atoms with Crippen molar-refractivity contribution >= 4 is 28.8 Å². The van der Waals surface area contributed by atoms with Gasteiger partial charge in [-0.15, -0.1) is 11.3 Å². The lowest BCUT2D eigenvalue weighted by atomic mass is 9.99.